The second-order valence-electron chi connectivity index (χ2n) is 5.40. The molecule has 2 aromatic heterocycles. The van der Waals surface area contributed by atoms with Crippen LogP contribution in [0.5, 0.6) is 0 Å². The number of thiazole rings is 1. The molecule has 0 aliphatic heterocycles. The average molecular weight is 377 g/mol. The molecule has 0 unspecified atom stereocenters. The van der Waals surface area contributed by atoms with E-state index >= 15 is 0 Å². The molecule has 0 aliphatic rings. The lowest BCUT2D eigenvalue weighted by Crippen LogP contribution is -2.26. The summed E-state index contributed by atoms with van der Waals surface area (Å²) in [6, 6.07) is 7.63. The number of anilines is 1. The van der Waals surface area contributed by atoms with Crippen molar-refractivity contribution < 1.29 is 9.18 Å². The smallest absolute Gasteiger partial charge is 0.255 e. The van der Waals surface area contributed by atoms with E-state index in [0.29, 0.717) is 12.1 Å². The summed E-state index contributed by atoms with van der Waals surface area (Å²) in [5.41, 5.74) is 7.49. The maximum Gasteiger partial charge on any atom is 0.255 e. The number of amides is 1. The van der Waals surface area contributed by atoms with Gasteiger partial charge in [-0.1, -0.05) is 11.6 Å². The number of pyridine rings is 1. The summed E-state index contributed by atoms with van der Waals surface area (Å²) in [4.78, 5) is 22.4. The molecule has 0 atom stereocenters. The molecule has 0 radical (unpaired) electrons. The van der Waals surface area contributed by atoms with Crippen molar-refractivity contribution in [3.63, 3.8) is 0 Å². The number of carbonyl (C=O) groups is 1. The van der Waals surface area contributed by atoms with E-state index in [-0.39, 0.29) is 22.6 Å². The van der Waals surface area contributed by atoms with E-state index in [0.717, 1.165) is 16.3 Å². The first-order valence-corrected chi connectivity index (χ1v) is 8.56. The molecule has 3 aromatic rings. The molecule has 0 aliphatic carbocycles. The van der Waals surface area contributed by atoms with Crippen molar-refractivity contribution in [1.29, 1.82) is 0 Å². The van der Waals surface area contributed by atoms with Gasteiger partial charge in [0.2, 0.25) is 0 Å². The Morgan fingerprint density at radius 2 is 2.08 bits per heavy atom. The lowest BCUT2D eigenvalue weighted by molar-refractivity contribution is 0.0783. The second-order valence-corrected chi connectivity index (χ2v) is 6.67. The topological polar surface area (TPSA) is 72.1 Å². The third kappa shape index (κ3) is 3.94. The molecule has 1 amide bonds. The van der Waals surface area contributed by atoms with Gasteiger partial charge in [0.05, 0.1) is 22.8 Å². The minimum atomic E-state index is -0.290. The van der Waals surface area contributed by atoms with Gasteiger partial charge in [-0.2, -0.15) is 0 Å². The van der Waals surface area contributed by atoms with Crippen molar-refractivity contribution in [1.82, 2.24) is 14.9 Å². The van der Waals surface area contributed by atoms with E-state index in [1.165, 1.54) is 40.6 Å². The first-order chi connectivity index (χ1) is 11.9. The van der Waals surface area contributed by atoms with Crippen molar-refractivity contribution in [2.24, 2.45) is 0 Å². The van der Waals surface area contributed by atoms with Gasteiger partial charge in [-0.25, -0.2) is 14.4 Å². The zero-order valence-corrected chi connectivity index (χ0v) is 14.8. The third-order valence-corrected chi connectivity index (χ3v) is 4.75. The van der Waals surface area contributed by atoms with Crippen molar-refractivity contribution in [2.45, 2.75) is 6.54 Å². The van der Waals surface area contributed by atoms with E-state index in [4.69, 9.17) is 17.3 Å². The number of hydrogen-bond acceptors (Lipinski definition) is 5. The molecule has 1 aromatic carbocycles. The van der Waals surface area contributed by atoms with E-state index in [1.807, 2.05) is 5.38 Å². The standard InChI is InChI=1S/C17H14ClFN4OS/c1-23(17(24)11-6-14(18)15(20)21-7-11)8-13-9-25-16(22-13)10-2-4-12(19)5-3-10/h2-7,9H,8H2,1H3,(H2,20,21). The number of nitrogens with zero attached hydrogens (tertiary/aromatic N) is 3. The monoisotopic (exact) mass is 376 g/mol. The summed E-state index contributed by atoms with van der Waals surface area (Å²) in [6.45, 7) is 0.332. The Kier molecular flexibility index (Phi) is 4.96. The average Bonchev–Trinajstić information content (AvgIpc) is 3.05. The Labute approximate surface area is 152 Å². The summed E-state index contributed by atoms with van der Waals surface area (Å²) in [6.07, 6.45) is 1.39. The number of carbonyl (C=O) groups excluding carboxylic acids is 1. The lowest BCUT2D eigenvalue weighted by atomic mass is 10.2. The predicted octanol–water partition coefficient (Wildman–Crippen LogP) is 3.85. The van der Waals surface area contributed by atoms with Gasteiger partial charge in [0, 0.05) is 24.2 Å². The molecule has 0 spiro atoms. The Balaban J connectivity index is 1.72. The zero-order valence-electron chi connectivity index (χ0n) is 13.2. The van der Waals surface area contributed by atoms with Gasteiger partial charge >= 0.3 is 0 Å². The van der Waals surface area contributed by atoms with E-state index in [2.05, 4.69) is 9.97 Å². The largest absolute Gasteiger partial charge is 0.382 e. The molecular formula is C17H14ClFN4OS. The van der Waals surface area contributed by atoms with E-state index < -0.39 is 0 Å². The maximum atomic E-state index is 13.0. The molecule has 0 saturated heterocycles. The highest BCUT2D eigenvalue weighted by Crippen LogP contribution is 2.25. The highest BCUT2D eigenvalue weighted by molar-refractivity contribution is 7.13. The number of nitrogens with two attached hydrogens (primary N) is 1. The second kappa shape index (κ2) is 7.16. The molecule has 3 rings (SSSR count). The SMILES string of the molecule is CN(Cc1csc(-c2ccc(F)cc2)n1)C(=O)c1cnc(N)c(Cl)c1. The Morgan fingerprint density at radius 3 is 2.76 bits per heavy atom. The van der Waals surface area contributed by atoms with E-state index in [9.17, 15) is 9.18 Å². The van der Waals surface area contributed by atoms with Crippen LogP contribution in [0.15, 0.2) is 41.9 Å². The van der Waals surface area contributed by atoms with Crippen LogP contribution in [-0.4, -0.2) is 27.8 Å². The molecule has 128 valence electrons. The number of benzene rings is 1. The molecule has 2 heterocycles. The summed E-state index contributed by atoms with van der Waals surface area (Å²) in [5, 5.41) is 2.89. The molecule has 25 heavy (non-hydrogen) atoms. The predicted molar refractivity (Wildman–Crippen MR) is 97.0 cm³/mol. The fourth-order valence-electron chi connectivity index (χ4n) is 2.21. The normalized spacial score (nSPS) is 10.7. The molecule has 0 saturated carbocycles. The molecule has 5 nitrogen and oxygen atoms in total. The summed E-state index contributed by atoms with van der Waals surface area (Å²) in [5.74, 6) is -0.336. The van der Waals surface area contributed by atoms with Crippen LogP contribution >= 0.6 is 22.9 Å². The molecule has 0 fully saturated rings. The highest BCUT2D eigenvalue weighted by atomic mass is 35.5. The van der Waals surface area contributed by atoms with Crippen LogP contribution in [0.1, 0.15) is 16.1 Å². The van der Waals surface area contributed by atoms with Gasteiger partial charge in [0.1, 0.15) is 16.6 Å². The van der Waals surface area contributed by atoms with Crippen LogP contribution in [0.4, 0.5) is 10.2 Å². The van der Waals surface area contributed by atoms with Crippen LogP contribution < -0.4 is 5.73 Å². The maximum absolute atomic E-state index is 13.0. The first kappa shape index (κ1) is 17.3. The quantitative estimate of drug-likeness (QED) is 0.750. The Morgan fingerprint density at radius 1 is 1.36 bits per heavy atom. The van der Waals surface area contributed by atoms with Crippen molar-refractivity contribution >= 4 is 34.7 Å². The number of aromatic nitrogens is 2. The van der Waals surface area contributed by atoms with Crippen LogP contribution in [0.3, 0.4) is 0 Å². The molecule has 2 N–H and O–H groups in total. The van der Waals surface area contributed by atoms with Crippen LogP contribution in [-0.2, 0) is 6.54 Å². The molecular weight excluding hydrogens is 363 g/mol. The van der Waals surface area contributed by atoms with Crippen molar-refractivity contribution in [3.8, 4) is 10.6 Å². The van der Waals surface area contributed by atoms with E-state index in [1.54, 1.807) is 19.2 Å². The summed E-state index contributed by atoms with van der Waals surface area (Å²) in [7, 11) is 1.67. The van der Waals surface area contributed by atoms with Gasteiger partial charge in [-0.15, -0.1) is 11.3 Å². The van der Waals surface area contributed by atoms with Crippen molar-refractivity contribution in [3.05, 3.63) is 64.0 Å². The van der Waals surface area contributed by atoms with Crippen molar-refractivity contribution in [2.75, 3.05) is 12.8 Å². The zero-order chi connectivity index (χ0) is 18.0. The number of rotatable bonds is 4. The molecule has 8 heteroatoms. The van der Waals surface area contributed by atoms with Gasteiger partial charge in [0.25, 0.3) is 5.91 Å². The third-order valence-electron chi connectivity index (χ3n) is 3.51. The number of hydrogen-bond donors (Lipinski definition) is 1. The van der Waals surface area contributed by atoms with Gasteiger partial charge < -0.3 is 10.6 Å². The van der Waals surface area contributed by atoms with Gasteiger partial charge in [0.15, 0.2) is 0 Å². The number of halogens is 2. The van der Waals surface area contributed by atoms with Crippen LogP contribution in [0, 0.1) is 5.82 Å². The Hall–Kier alpha value is -2.51. The van der Waals surface area contributed by atoms with Gasteiger partial charge in [-0.05, 0) is 30.3 Å². The minimum Gasteiger partial charge on any atom is -0.382 e. The molecule has 0 bridgehead atoms. The fourth-order valence-corrected chi connectivity index (χ4v) is 3.19. The fraction of sp³-hybridized carbons (Fsp3) is 0.118. The van der Waals surface area contributed by atoms with Gasteiger partial charge in [-0.3, -0.25) is 4.79 Å². The Bertz CT molecular complexity index is 913. The highest BCUT2D eigenvalue weighted by Gasteiger charge is 2.15. The lowest BCUT2D eigenvalue weighted by Gasteiger charge is -2.16. The van der Waals surface area contributed by atoms with Crippen LogP contribution in [0.2, 0.25) is 5.02 Å². The summed E-state index contributed by atoms with van der Waals surface area (Å²) >= 11 is 7.35. The first-order valence-electron chi connectivity index (χ1n) is 7.31. The minimum absolute atomic E-state index is 0.185. The number of nitrogen functional groups attached to an aromatic ring is 1. The van der Waals surface area contributed by atoms with Crippen LogP contribution in [0.25, 0.3) is 10.6 Å². The summed E-state index contributed by atoms with van der Waals surface area (Å²) < 4.78 is 13.0.